The van der Waals surface area contributed by atoms with Crippen molar-refractivity contribution in [3.8, 4) is 10.8 Å². The molecule has 26 heavy (non-hydrogen) atoms. The van der Waals surface area contributed by atoms with Crippen LogP contribution in [0, 0.1) is 12.7 Å². The van der Waals surface area contributed by atoms with Crippen molar-refractivity contribution in [1.82, 2.24) is 25.3 Å². The van der Waals surface area contributed by atoms with E-state index in [0.29, 0.717) is 18.1 Å². The first-order valence-electron chi connectivity index (χ1n) is 8.56. The smallest absolute Gasteiger partial charge is 0.269 e. The second-order valence-corrected chi connectivity index (χ2v) is 7.57. The molecule has 2 aromatic heterocycles. The van der Waals surface area contributed by atoms with Crippen molar-refractivity contribution < 1.29 is 8.91 Å². The number of hydrogen-bond acceptors (Lipinski definition) is 7. The first-order chi connectivity index (χ1) is 12.6. The lowest BCUT2D eigenvalue weighted by Gasteiger charge is -2.30. The summed E-state index contributed by atoms with van der Waals surface area (Å²) >= 11 is 1.54. The number of nitrogens with zero attached hydrogens (tertiary/aromatic N) is 4. The molecule has 0 amide bonds. The van der Waals surface area contributed by atoms with Crippen LogP contribution in [0.3, 0.4) is 0 Å². The topological polar surface area (TPSA) is 67.1 Å². The van der Waals surface area contributed by atoms with E-state index < -0.39 is 0 Å². The molecular formula is C18H20FN5OS. The number of rotatable bonds is 4. The van der Waals surface area contributed by atoms with Crippen molar-refractivity contribution in [3.63, 3.8) is 0 Å². The van der Waals surface area contributed by atoms with Gasteiger partial charge in [-0.05, 0) is 31.7 Å². The molecule has 8 heteroatoms. The molecule has 0 saturated carbocycles. The maximum Gasteiger partial charge on any atom is 0.269 e. The summed E-state index contributed by atoms with van der Waals surface area (Å²) in [5.74, 6) is 0.979. The lowest BCUT2D eigenvalue weighted by molar-refractivity contribution is 0.190. The van der Waals surface area contributed by atoms with Crippen molar-refractivity contribution in [3.05, 3.63) is 52.2 Å². The Hall–Kier alpha value is -2.16. The average molecular weight is 373 g/mol. The van der Waals surface area contributed by atoms with Gasteiger partial charge in [-0.2, -0.15) is 4.98 Å². The van der Waals surface area contributed by atoms with E-state index in [9.17, 15) is 4.39 Å². The maximum atomic E-state index is 13.0. The van der Waals surface area contributed by atoms with Gasteiger partial charge < -0.3 is 9.84 Å². The number of halogens is 1. The first-order valence-corrected chi connectivity index (χ1v) is 9.37. The molecule has 1 atom stereocenters. The Bertz CT molecular complexity index is 891. The van der Waals surface area contributed by atoms with Crippen molar-refractivity contribution in [2.45, 2.75) is 19.4 Å². The molecule has 1 aromatic carbocycles. The summed E-state index contributed by atoms with van der Waals surface area (Å²) in [6.45, 7) is 4.68. The lowest BCUT2D eigenvalue weighted by atomic mass is 10.1. The van der Waals surface area contributed by atoms with Crippen LogP contribution in [0.2, 0.25) is 0 Å². The van der Waals surface area contributed by atoms with Crippen LogP contribution in [0.5, 0.6) is 0 Å². The Morgan fingerprint density at radius 1 is 1.31 bits per heavy atom. The van der Waals surface area contributed by atoms with Gasteiger partial charge in [0.25, 0.3) is 5.89 Å². The Morgan fingerprint density at radius 3 is 2.88 bits per heavy atom. The third-order valence-corrected chi connectivity index (χ3v) is 5.70. The monoisotopic (exact) mass is 373 g/mol. The molecule has 1 saturated heterocycles. The van der Waals surface area contributed by atoms with Gasteiger partial charge >= 0.3 is 0 Å². The van der Waals surface area contributed by atoms with E-state index in [1.54, 1.807) is 23.5 Å². The van der Waals surface area contributed by atoms with Gasteiger partial charge in [0.2, 0.25) is 0 Å². The zero-order valence-electron chi connectivity index (χ0n) is 14.7. The minimum atomic E-state index is -0.231. The highest BCUT2D eigenvalue weighted by molar-refractivity contribution is 7.15. The Balaban J connectivity index is 1.55. The van der Waals surface area contributed by atoms with Crippen molar-refractivity contribution in [1.29, 1.82) is 0 Å². The summed E-state index contributed by atoms with van der Waals surface area (Å²) in [6.07, 6.45) is 0.655. The summed E-state index contributed by atoms with van der Waals surface area (Å²) in [7, 11) is 2.07. The highest BCUT2D eigenvalue weighted by atomic mass is 32.1. The van der Waals surface area contributed by atoms with Crippen LogP contribution in [-0.2, 0) is 6.42 Å². The number of aryl methyl sites for hydroxylation is 1. The fourth-order valence-electron chi connectivity index (χ4n) is 3.06. The minimum Gasteiger partial charge on any atom is -0.333 e. The van der Waals surface area contributed by atoms with Gasteiger partial charge in [0, 0.05) is 26.1 Å². The number of piperazine rings is 1. The zero-order chi connectivity index (χ0) is 18.1. The third kappa shape index (κ3) is 3.53. The van der Waals surface area contributed by atoms with Crippen LogP contribution in [-0.4, -0.2) is 46.7 Å². The van der Waals surface area contributed by atoms with Crippen LogP contribution in [0.1, 0.15) is 28.1 Å². The number of thiazole rings is 1. The average Bonchev–Trinajstić information content (AvgIpc) is 3.24. The summed E-state index contributed by atoms with van der Waals surface area (Å²) in [5.41, 5.74) is 1.89. The van der Waals surface area contributed by atoms with Crippen molar-refractivity contribution in [2.75, 3.05) is 26.7 Å². The maximum absolute atomic E-state index is 13.0. The van der Waals surface area contributed by atoms with Gasteiger partial charge in [0.15, 0.2) is 5.82 Å². The molecule has 0 radical (unpaired) electrons. The predicted molar refractivity (Wildman–Crippen MR) is 97.6 cm³/mol. The van der Waals surface area contributed by atoms with E-state index in [1.807, 2.05) is 6.92 Å². The number of hydrogen-bond donors (Lipinski definition) is 1. The van der Waals surface area contributed by atoms with Crippen LogP contribution in [0.4, 0.5) is 4.39 Å². The third-order valence-electron chi connectivity index (χ3n) is 4.55. The molecule has 4 rings (SSSR count). The normalized spacial score (nSPS) is 18.3. The minimum absolute atomic E-state index is 0.119. The summed E-state index contributed by atoms with van der Waals surface area (Å²) in [4.78, 5) is 12.3. The van der Waals surface area contributed by atoms with Crippen LogP contribution < -0.4 is 5.32 Å². The fraction of sp³-hybridized carbons (Fsp3) is 0.389. The van der Waals surface area contributed by atoms with Gasteiger partial charge in [-0.15, -0.1) is 11.3 Å². The molecule has 1 N–H and O–H groups in total. The van der Waals surface area contributed by atoms with Crippen molar-refractivity contribution >= 4 is 11.3 Å². The fourth-order valence-corrected chi connectivity index (χ4v) is 4.08. The molecule has 0 spiro atoms. The molecule has 1 unspecified atom stereocenters. The van der Waals surface area contributed by atoms with Gasteiger partial charge in [-0.25, -0.2) is 9.37 Å². The van der Waals surface area contributed by atoms with Gasteiger partial charge in [-0.1, -0.05) is 17.3 Å². The Labute approximate surface area is 155 Å². The number of aromatic nitrogens is 3. The molecule has 3 aromatic rings. The molecule has 1 aliphatic rings. The van der Waals surface area contributed by atoms with Crippen LogP contribution in [0.25, 0.3) is 10.8 Å². The zero-order valence-corrected chi connectivity index (χ0v) is 15.5. The SMILES string of the molecule is Cc1nc(Cc2ccc(F)cc2)sc1-c1nc(C2CNCCN2C)no1. The quantitative estimate of drug-likeness (QED) is 0.759. The lowest BCUT2D eigenvalue weighted by Crippen LogP contribution is -2.44. The van der Waals surface area contributed by atoms with E-state index in [2.05, 4.69) is 32.4 Å². The molecule has 0 bridgehead atoms. The molecular weight excluding hydrogens is 353 g/mol. The van der Waals surface area contributed by atoms with Crippen molar-refractivity contribution in [2.24, 2.45) is 0 Å². The molecule has 6 nitrogen and oxygen atoms in total. The number of benzene rings is 1. The first kappa shape index (κ1) is 17.3. The second-order valence-electron chi connectivity index (χ2n) is 6.48. The number of nitrogens with one attached hydrogen (secondary N) is 1. The highest BCUT2D eigenvalue weighted by Gasteiger charge is 2.26. The van der Waals surface area contributed by atoms with Gasteiger partial charge in [-0.3, -0.25) is 4.90 Å². The molecule has 1 fully saturated rings. The Morgan fingerprint density at radius 2 is 2.12 bits per heavy atom. The van der Waals surface area contributed by atoms with E-state index in [0.717, 1.165) is 40.8 Å². The number of likely N-dealkylation sites (N-methyl/N-ethyl adjacent to an activating group) is 1. The summed E-state index contributed by atoms with van der Waals surface area (Å²) in [5, 5.41) is 8.48. The highest BCUT2D eigenvalue weighted by Crippen LogP contribution is 2.31. The Kier molecular flexibility index (Phi) is 4.80. The van der Waals surface area contributed by atoms with E-state index in [4.69, 9.17) is 4.52 Å². The van der Waals surface area contributed by atoms with Crippen LogP contribution >= 0.6 is 11.3 Å². The molecule has 1 aliphatic heterocycles. The molecule has 0 aliphatic carbocycles. The largest absolute Gasteiger partial charge is 0.333 e. The molecule has 3 heterocycles. The second kappa shape index (κ2) is 7.22. The van der Waals surface area contributed by atoms with E-state index in [1.165, 1.54) is 12.1 Å². The predicted octanol–water partition coefficient (Wildman–Crippen LogP) is 2.81. The standard InChI is InChI=1S/C18H20FN5OS/c1-11-16(26-15(21-11)9-12-3-5-13(19)6-4-12)18-22-17(23-25-18)14-10-20-7-8-24(14)2/h3-6,14,20H,7-10H2,1-2H3. The van der Waals surface area contributed by atoms with Gasteiger partial charge in [0.1, 0.15) is 10.7 Å². The van der Waals surface area contributed by atoms with E-state index in [-0.39, 0.29) is 11.9 Å². The van der Waals surface area contributed by atoms with Gasteiger partial charge in [0.05, 0.1) is 16.7 Å². The summed E-state index contributed by atoms with van der Waals surface area (Å²) < 4.78 is 18.6. The van der Waals surface area contributed by atoms with Crippen LogP contribution in [0.15, 0.2) is 28.8 Å². The summed E-state index contributed by atoms with van der Waals surface area (Å²) in [6, 6.07) is 6.62. The van der Waals surface area contributed by atoms with E-state index >= 15 is 0 Å². The molecule has 136 valence electrons.